The summed E-state index contributed by atoms with van der Waals surface area (Å²) in [6, 6.07) is 8.78. The van der Waals surface area contributed by atoms with Crippen molar-refractivity contribution in [2.24, 2.45) is 17.6 Å². The second-order valence-electron chi connectivity index (χ2n) is 7.74. The van der Waals surface area contributed by atoms with E-state index >= 15 is 0 Å². The van der Waals surface area contributed by atoms with Crippen LogP contribution in [0.3, 0.4) is 0 Å². The number of benzene rings is 1. The van der Waals surface area contributed by atoms with Crippen molar-refractivity contribution in [1.29, 1.82) is 0 Å². The van der Waals surface area contributed by atoms with Crippen LogP contribution in [0, 0.1) is 11.8 Å². The standard InChI is InChI=1S/C23H31N3O2/c1-2-25-22(27)21(15-17-9-5-3-6-10-17)26-14-13-19(16-20(24)23(26)28)18-11-7-4-8-12-18/h3-11,18-21H,2,12-16,24H2,1H3,(H,25,27)/t18-,19?,20?,21?/m1/s1. The molecule has 0 bridgehead atoms. The lowest BCUT2D eigenvalue weighted by molar-refractivity contribution is -0.141. The average Bonchev–Trinajstić information content (AvgIpc) is 2.87. The molecule has 5 nitrogen and oxygen atoms in total. The van der Waals surface area contributed by atoms with Gasteiger partial charge < -0.3 is 16.0 Å². The molecule has 3 N–H and O–H groups in total. The van der Waals surface area contributed by atoms with Gasteiger partial charge in [-0.2, -0.15) is 0 Å². The quantitative estimate of drug-likeness (QED) is 0.795. The van der Waals surface area contributed by atoms with E-state index in [1.165, 1.54) is 0 Å². The van der Waals surface area contributed by atoms with Gasteiger partial charge in [-0.3, -0.25) is 9.59 Å². The lowest BCUT2D eigenvalue weighted by Crippen LogP contribution is -2.54. The third-order valence-corrected chi connectivity index (χ3v) is 5.82. The monoisotopic (exact) mass is 381 g/mol. The number of nitrogens with two attached hydrogens (primary N) is 1. The molecule has 28 heavy (non-hydrogen) atoms. The van der Waals surface area contributed by atoms with Crippen LogP contribution in [0.5, 0.6) is 0 Å². The van der Waals surface area contributed by atoms with Crippen molar-refractivity contribution >= 4 is 11.8 Å². The van der Waals surface area contributed by atoms with Crippen LogP contribution in [0.25, 0.3) is 0 Å². The summed E-state index contributed by atoms with van der Waals surface area (Å²) in [5.74, 6) is 0.563. The Labute approximate surface area is 167 Å². The summed E-state index contributed by atoms with van der Waals surface area (Å²) < 4.78 is 0. The van der Waals surface area contributed by atoms with Gasteiger partial charge in [0.15, 0.2) is 0 Å². The summed E-state index contributed by atoms with van der Waals surface area (Å²) in [5.41, 5.74) is 7.35. The second kappa shape index (κ2) is 9.69. The van der Waals surface area contributed by atoms with Gasteiger partial charge in [0.2, 0.25) is 11.8 Å². The van der Waals surface area contributed by atoms with Crippen LogP contribution >= 0.6 is 0 Å². The third-order valence-electron chi connectivity index (χ3n) is 5.82. The highest BCUT2D eigenvalue weighted by molar-refractivity contribution is 5.90. The number of hydrogen-bond donors (Lipinski definition) is 2. The summed E-state index contributed by atoms with van der Waals surface area (Å²) >= 11 is 0. The predicted octanol–water partition coefficient (Wildman–Crippen LogP) is 2.43. The molecule has 0 saturated carbocycles. The summed E-state index contributed by atoms with van der Waals surface area (Å²) in [7, 11) is 0. The van der Waals surface area contributed by atoms with Gasteiger partial charge in [0.1, 0.15) is 6.04 Å². The molecule has 0 radical (unpaired) electrons. The summed E-state index contributed by atoms with van der Waals surface area (Å²) in [6.07, 6.45) is 11.6. The van der Waals surface area contributed by atoms with Gasteiger partial charge in [0.25, 0.3) is 0 Å². The van der Waals surface area contributed by atoms with E-state index in [-0.39, 0.29) is 11.8 Å². The number of carbonyl (C=O) groups is 2. The number of likely N-dealkylation sites (tertiary alicyclic amines) is 1. The molecule has 150 valence electrons. The van der Waals surface area contributed by atoms with Crippen LogP contribution < -0.4 is 11.1 Å². The Morgan fingerprint density at radius 2 is 2.07 bits per heavy atom. The maximum absolute atomic E-state index is 13.1. The first-order valence-electron chi connectivity index (χ1n) is 10.3. The molecule has 1 aliphatic carbocycles. The Balaban J connectivity index is 1.79. The third kappa shape index (κ3) is 4.90. The van der Waals surface area contributed by atoms with Crippen molar-refractivity contribution in [3.05, 3.63) is 60.2 Å². The average molecular weight is 382 g/mol. The number of nitrogens with one attached hydrogen (secondary N) is 1. The van der Waals surface area contributed by atoms with Crippen LogP contribution in [0.1, 0.15) is 31.7 Å². The molecule has 2 aliphatic rings. The van der Waals surface area contributed by atoms with E-state index in [1.807, 2.05) is 37.3 Å². The second-order valence-corrected chi connectivity index (χ2v) is 7.74. The normalized spacial score (nSPS) is 26.0. The van der Waals surface area contributed by atoms with Crippen molar-refractivity contribution in [3.63, 3.8) is 0 Å². The molecule has 1 saturated heterocycles. The smallest absolute Gasteiger partial charge is 0.243 e. The molecule has 3 rings (SSSR count). The zero-order valence-corrected chi connectivity index (χ0v) is 16.6. The van der Waals surface area contributed by atoms with E-state index in [2.05, 4.69) is 29.6 Å². The van der Waals surface area contributed by atoms with Crippen LogP contribution in [0.4, 0.5) is 0 Å². The van der Waals surface area contributed by atoms with E-state index in [0.717, 1.165) is 18.4 Å². The predicted molar refractivity (Wildman–Crippen MR) is 111 cm³/mol. The minimum atomic E-state index is -0.556. The summed E-state index contributed by atoms with van der Waals surface area (Å²) in [6.45, 7) is 3.01. The van der Waals surface area contributed by atoms with Crippen molar-refractivity contribution in [2.45, 2.75) is 44.7 Å². The molecule has 4 atom stereocenters. The first kappa shape index (κ1) is 20.3. The van der Waals surface area contributed by atoms with Crippen molar-refractivity contribution in [2.75, 3.05) is 13.1 Å². The van der Waals surface area contributed by atoms with Crippen LogP contribution in [-0.2, 0) is 16.0 Å². The number of allylic oxidation sites excluding steroid dienone is 4. The number of likely N-dealkylation sites (N-methyl/N-ethyl adjacent to an activating group) is 1. The fourth-order valence-electron chi connectivity index (χ4n) is 4.29. The summed E-state index contributed by atoms with van der Waals surface area (Å²) in [4.78, 5) is 27.7. The van der Waals surface area contributed by atoms with E-state index in [9.17, 15) is 9.59 Å². The van der Waals surface area contributed by atoms with Gasteiger partial charge in [0, 0.05) is 19.5 Å². The number of amides is 2. The Morgan fingerprint density at radius 3 is 2.75 bits per heavy atom. The molecule has 1 aliphatic heterocycles. The van der Waals surface area contributed by atoms with Crippen LogP contribution in [-0.4, -0.2) is 41.9 Å². The van der Waals surface area contributed by atoms with Gasteiger partial charge in [-0.05, 0) is 43.6 Å². The van der Waals surface area contributed by atoms with Crippen molar-refractivity contribution in [1.82, 2.24) is 10.2 Å². The summed E-state index contributed by atoms with van der Waals surface area (Å²) in [5, 5.41) is 2.90. The van der Waals surface area contributed by atoms with Gasteiger partial charge in [-0.25, -0.2) is 0 Å². The lowest BCUT2D eigenvalue weighted by atomic mass is 9.81. The number of nitrogens with zero attached hydrogens (tertiary/aromatic N) is 1. The fourth-order valence-corrected chi connectivity index (χ4v) is 4.29. The zero-order valence-electron chi connectivity index (χ0n) is 16.6. The van der Waals surface area contributed by atoms with Gasteiger partial charge in [-0.15, -0.1) is 0 Å². The van der Waals surface area contributed by atoms with E-state index < -0.39 is 12.1 Å². The molecular weight excluding hydrogens is 350 g/mol. The molecule has 1 fully saturated rings. The first-order valence-corrected chi connectivity index (χ1v) is 10.3. The van der Waals surface area contributed by atoms with Gasteiger partial charge in [-0.1, -0.05) is 54.6 Å². The highest BCUT2D eigenvalue weighted by atomic mass is 16.2. The molecular formula is C23H31N3O2. The highest BCUT2D eigenvalue weighted by Gasteiger charge is 2.37. The van der Waals surface area contributed by atoms with E-state index in [4.69, 9.17) is 5.73 Å². The van der Waals surface area contributed by atoms with Gasteiger partial charge >= 0.3 is 0 Å². The molecule has 0 aromatic heterocycles. The SMILES string of the molecule is CCNC(=O)C(Cc1ccccc1)N1CCC([C@@H]2C=CC=CC2)CC(N)C1=O. The molecule has 2 amide bonds. The van der Waals surface area contributed by atoms with Crippen LogP contribution in [0.15, 0.2) is 54.6 Å². The van der Waals surface area contributed by atoms with Gasteiger partial charge in [0.05, 0.1) is 6.04 Å². The fraction of sp³-hybridized carbons (Fsp3) is 0.478. The topological polar surface area (TPSA) is 75.4 Å². The molecule has 1 heterocycles. The maximum Gasteiger partial charge on any atom is 0.243 e. The number of carbonyl (C=O) groups excluding carboxylic acids is 2. The number of rotatable bonds is 6. The highest BCUT2D eigenvalue weighted by Crippen LogP contribution is 2.31. The molecule has 3 unspecified atom stereocenters. The minimum absolute atomic E-state index is 0.106. The Kier molecular flexibility index (Phi) is 7.04. The Hall–Kier alpha value is -2.40. The Bertz CT molecular complexity index is 729. The molecule has 1 aromatic rings. The zero-order chi connectivity index (χ0) is 19.9. The molecule has 5 heteroatoms. The van der Waals surface area contributed by atoms with E-state index in [0.29, 0.717) is 37.8 Å². The first-order chi connectivity index (χ1) is 13.6. The molecule has 1 aromatic carbocycles. The molecule has 0 spiro atoms. The number of hydrogen-bond acceptors (Lipinski definition) is 3. The van der Waals surface area contributed by atoms with Crippen LogP contribution in [0.2, 0.25) is 0 Å². The lowest BCUT2D eigenvalue weighted by Gasteiger charge is -2.31. The minimum Gasteiger partial charge on any atom is -0.355 e. The van der Waals surface area contributed by atoms with E-state index in [1.54, 1.807) is 4.90 Å². The largest absolute Gasteiger partial charge is 0.355 e. The maximum atomic E-state index is 13.1. The van der Waals surface area contributed by atoms with Crippen molar-refractivity contribution in [3.8, 4) is 0 Å². The Morgan fingerprint density at radius 1 is 1.29 bits per heavy atom. The van der Waals surface area contributed by atoms with Crippen molar-refractivity contribution < 1.29 is 9.59 Å².